The molecular formula is C10H14N2O. The Balaban J connectivity index is 3.13. The van der Waals surface area contributed by atoms with Crippen LogP contribution in [0.1, 0.15) is 35.7 Å². The summed E-state index contributed by atoms with van der Waals surface area (Å²) in [6.07, 6.45) is 1.67. The van der Waals surface area contributed by atoms with Gasteiger partial charge >= 0.3 is 0 Å². The SMILES string of the molecule is Cc1cnc(C)c(C(=O)C(C)C)n1. The van der Waals surface area contributed by atoms with Crippen molar-refractivity contribution in [3.63, 3.8) is 0 Å². The van der Waals surface area contributed by atoms with E-state index in [4.69, 9.17) is 0 Å². The molecule has 0 spiro atoms. The highest BCUT2D eigenvalue weighted by molar-refractivity contribution is 5.96. The van der Waals surface area contributed by atoms with Gasteiger partial charge in [-0.25, -0.2) is 4.98 Å². The van der Waals surface area contributed by atoms with Gasteiger partial charge in [0.15, 0.2) is 5.78 Å². The van der Waals surface area contributed by atoms with Crippen molar-refractivity contribution in [3.8, 4) is 0 Å². The molecule has 0 aliphatic heterocycles. The zero-order chi connectivity index (χ0) is 10.0. The smallest absolute Gasteiger partial charge is 0.185 e. The lowest BCUT2D eigenvalue weighted by atomic mass is 10.0. The van der Waals surface area contributed by atoms with Crippen LogP contribution in [0.3, 0.4) is 0 Å². The Morgan fingerprint density at radius 1 is 1.38 bits per heavy atom. The van der Waals surface area contributed by atoms with Crippen LogP contribution >= 0.6 is 0 Å². The maximum absolute atomic E-state index is 11.6. The summed E-state index contributed by atoms with van der Waals surface area (Å²) >= 11 is 0. The van der Waals surface area contributed by atoms with Crippen LogP contribution in [0.4, 0.5) is 0 Å². The number of rotatable bonds is 2. The molecule has 70 valence electrons. The highest BCUT2D eigenvalue weighted by atomic mass is 16.1. The van der Waals surface area contributed by atoms with Gasteiger partial charge in [0, 0.05) is 12.1 Å². The summed E-state index contributed by atoms with van der Waals surface area (Å²) in [4.78, 5) is 19.9. The normalized spacial score (nSPS) is 10.5. The van der Waals surface area contributed by atoms with Gasteiger partial charge in [0.1, 0.15) is 5.69 Å². The Morgan fingerprint density at radius 3 is 2.54 bits per heavy atom. The molecule has 0 unspecified atom stereocenters. The van der Waals surface area contributed by atoms with Crippen molar-refractivity contribution in [3.05, 3.63) is 23.3 Å². The largest absolute Gasteiger partial charge is 0.292 e. The van der Waals surface area contributed by atoms with Crippen molar-refractivity contribution in [1.82, 2.24) is 9.97 Å². The molecule has 3 heteroatoms. The Labute approximate surface area is 78.2 Å². The molecule has 0 aliphatic carbocycles. The van der Waals surface area contributed by atoms with E-state index in [0.29, 0.717) is 11.4 Å². The molecule has 0 atom stereocenters. The Bertz CT molecular complexity index is 332. The van der Waals surface area contributed by atoms with E-state index in [2.05, 4.69) is 9.97 Å². The highest BCUT2D eigenvalue weighted by Gasteiger charge is 2.15. The fraction of sp³-hybridized carbons (Fsp3) is 0.500. The first kappa shape index (κ1) is 9.84. The second-order valence-electron chi connectivity index (χ2n) is 3.46. The number of nitrogens with zero attached hydrogens (tertiary/aromatic N) is 2. The van der Waals surface area contributed by atoms with Crippen LogP contribution in [0.2, 0.25) is 0 Å². The van der Waals surface area contributed by atoms with Crippen LogP contribution in [-0.4, -0.2) is 15.8 Å². The summed E-state index contributed by atoms with van der Waals surface area (Å²) in [6.45, 7) is 7.38. The molecule has 0 fully saturated rings. The van der Waals surface area contributed by atoms with E-state index in [1.54, 1.807) is 6.20 Å². The zero-order valence-corrected chi connectivity index (χ0v) is 8.46. The summed E-state index contributed by atoms with van der Waals surface area (Å²) in [6, 6.07) is 0. The van der Waals surface area contributed by atoms with E-state index < -0.39 is 0 Å². The van der Waals surface area contributed by atoms with E-state index in [-0.39, 0.29) is 11.7 Å². The van der Waals surface area contributed by atoms with Gasteiger partial charge in [-0.1, -0.05) is 13.8 Å². The van der Waals surface area contributed by atoms with Crippen molar-refractivity contribution in [1.29, 1.82) is 0 Å². The fourth-order valence-electron chi connectivity index (χ4n) is 1.04. The second kappa shape index (κ2) is 3.64. The van der Waals surface area contributed by atoms with Gasteiger partial charge in [0.25, 0.3) is 0 Å². The average Bonchev–Trinajstić information content (AvgIpc) is 2.08. The molecule has 1 aromatic rings. The second-order valence-corrected chi connectivity index (χ2v) is 3.46. The number of hydrogen-bond donors (Lipinski definition) is 0. The van der Waals surface area contributed by atoms with Crippen LogP contribution < -0.4 is 0 Å². The van der Waals surface area contributed by atoms with Crippen molar-refractivity contribution < 1.29 is 4.79 Å². The van der Waals surface area contributed by atoms with Crippen LogP contribution in [0.5, 0.6) is 0 Å². The first-order valence-corrected chi connectivity index (χ1v) is 4.37. The summed E-state index contributed by atoms with van der Waals surface area (Å²) in [5, 5.41) is 0. The summed E-state index contributed by atoms with van der Waals surface area (Å²) in [5.41, 5.74) is 2.01. The number of aromatic nitrogens is 2. The lowest BCUT2D eigenvalue weighted by Gasteiger charge is -2.06. The third-order valence-corrected chi connectivity index (χ3v) is 1.83. The van der Waals surface area contributed by atoms with E-state index in [9.17, 15) is 4.79 Å². The maximum atomic E-state index is 11.6. The number of aryl methyl sites for hydroxylation is 2. The van der Waals surface area contributed by atoms with Crippen LogP contribution in [0, 0.1) is 19.8 Å². The Hall–Kier alpha value is -1.25. The number of Topliss-reactive ketones (excluding diaryl/α,β-unsaturated/α-hetero) is 1. The minimum atomic E-state index is -0.0187. The van der Waals surface area contributed by atoms with Gasteiger partial charge in [0.05, 0.1) is 11.4 Å². The van der Waals surface area contributed by atoms with Gasteiger partial charge in [0.2, 0.25) is 0 Å². The minimum absolute atomic E-state index is 0.0187. The lowest BCUT2D eigenvalue weighted by Crippen LogP contribution is -2.13. The number of carbonyl (C=O) groups is 1. The predicted molar refractivity (Wildman–Crippen MR) is 50.7 cm³/mol. The van der Waals surface area contributed by atoms with Crippen LogP contribution in [0.25, 0.3) is 0 Å². The quantitative estimate of drug-likeness (QED) is 0.650. The fourth-order valence-corrected chi connectivity index (χ4v) is 1.04. The van der Waals surface area contributed by atoms with Crippen molar-refractivity contribution in [2.45, 2.75) is 27.7 Å². The highest BCUT2D eigenvalue weighted by Crippen LogP contribution is 2.09. The minimum Gasteiger partial charge on any atom is -0.292 e. The van der Waals surface area contributed by atoms with Gasteiger partial charge in [-0.2, -0.15) is 0 Å². The molecule has 1 heterocycles. The summed E-state index contributed by atoms with van der Waals surface area (Å²) < 4.78 is 0. The third-order valence-electron chi connectivity index (χ3n) is 1.83. The summed E-state index contributed by atoms with van der Waals surface area (Å²) in [7, 11) is 0. The molecule has 0 aromatic carbocycles. The predicted octanol–water partition coefficient (Wildman–Crippen LogP) is 1.93. The monoisotopic (exact) mass is 178 g/mol. The molecule has 13 heavy (non-hydrogen) atoms. The Kier molecular flexibility index (Phi) is 2.76. The molecule has 1 aromatic heterocycles. The molecule has 0 amide bonds. The van der Waals surface area contributed by atoms with Crippen LogP contribution in [0.15, 0.2) is 6.20 Å². The average molecular weight is 178 g/mol. The standard InChI is InChI=1S/C10H14N2O/c1-6(2)10(13)9-8(4)11-5-7(3)12-9/h5-6H,1-4H3. The van der Waals surface area contributed by atoms with E-state index in [0.717, 1.165) is 5.69 Å². The zero-order valence-electron chi connectivity index (χ0n) is 8.46. The van der Waals surface area contributed by atoms with Gasteiger partial charge < -0.3 is 0 Å². The molecular weight excluding hydrogens is 164 g/mol. The molecule has 0 aliphatic rings. The topological polar surface area (TPSA) is 42.9 Å². The van der Waals surface area contributed by atoms with Crippen molar-refractivity contribution in [2.75, 3.05) is 0 Å². The van der Waals surface area contributed by atoms with Crippen molar-refractivity contribution in [2.24, 2.45) is 5.92 Å². The summed E-state index contributed by atoms with van der Waals surface area (Å²) in [5.74, 6) is 0.0449. The molecule has 1 rings (SSSR count). The first-order valence-electron chi connectivity index (χ1n) is 4.37. The number of carbonyl (C=O) groups excluding carboxylic acids is 1. The lowest BCUT2D eigenvalue weighted by molar-refractivity contribution is 0.0933. The van der Waals surface area contributed by atoms with Gasteiger partial charge in [-0.05, 0) is 13.8 Å². The van der Waals surface area contributed by atoms with E-state index in [1.165, 1.54) is 0 Å². The molecule has 0 bridgehead atoms. The molecule has 3 nitrogen and oxygen atoms in total. The third kappa shape index (κ3) is 2.11. The van der Waals surface area contributed by atoms with Crippen LogP contribution in [-0.2, 0) is 0 Å². The van der Waals surface area contributed by atoms with E-state index >= 15 is 0 Å². The molecule has 0 saturated heterocycles. The van der Waals surface area contributed by atoms with E-state index in [1.807, 2.05) is 27.7 Å². The molecule has 0 radical (unpaired) electrons. The maximum Gasteiger partial charge on any atom is 0.185 e. The molecule has 0 N–H and O–H groups in total. The molecule has 0 saturated carbocycles. The van der Waals surface area contributed by atoms with Gasteiger partial charge in [-0.15, -0.1) is 0 Å². The first-order chi connectivity index (χ1) is 6.02. The number of ketones is 1. The van der Waals surface area contributed by atoms with Crippen molar-refractivity contribution >= 4 is 5.78 Å². The number of hydrogen-bond acceptors (Lipinski definition) is 3. The Morgan fingerprint density at radius 2 is 2.00 bits per heavy atom. The van der Waals surface area contributed by atoms with Gasteiger partial charge in [-0.3, -0.25) is 9.78 Å².